The van der Waals surface area contributed by atoms with Crippen LogP contribution in [-0.4, -0.2) is 58.6 Å². The minimum atomic E-state index is -0.255. The first-order valence-electron chi connectivity index (χ1n) is 7.01. The van der Waals surface area contributed by atoms with Crippen molar-refractivity contribution in [3.63, 3.8) is 0 Å². The second-order valence-electron chi connectivity index (χ2n) is 5.69. The number of amides is 1. The smallest absolute Gasteiger partial charge is 0.254 e. The fourth-order valence-corrected chi connectivity index (χ4v) is 2.49. The van der Waals surface area contributed by atoms with Gasteiger partial charge < -0.3 is 15.1 Å². The first-order chi connectivity index (χ1) is 9.47. The minimum Gasteiger partial charge on any atom is -0.504 e. The van der Waals surface area contributed by atoms with E-state index < -0.39 is 0 Å². The van der Waals surface area contributed by atoms with Crippen molar-refractivity contribution in [3.8, 4) is 11.5 Å². The highest BCUT2D eigenvalue weighted by atomic mass is 16.3. The van der Waals surface area contributed by atoms with Crippen molar-refractivity contribution in [3.05, 3.63) is 23.8 Å². The van der Waals surface area contributed by atoms with Crippen LogP contribution in [0.5, 0.6) is 11.5 Å². The fraction of sp³-hybridized carbons (Fsp3) is 0.533. The van der Waals surface area contributed by atoms with Gasteiger partial charge in [0.2, 0.25) is 0 Å². The molecule has 1 saturated heterocycles. The number of rotatable bonds is 3. The number of hydrogen-bond donors (Lipinski definition) is 2. The SMILES string of the molecule is CC(C)CN1CCN(C(=O)c2ccc(O)c(O)c2)CC1. The van der Waals surface area contributed by atoms with Crippen LogP contribution in [0.25, 0.3) is 0 Å². The molecule has 0 bridgehead atoms. The molecule has 1 aliphatic heterocycles. The third-order valence-electron chi connectivity index (χ3n) is 3.51. The predicted octanol–water partition coefficient (Wildman–Crippen LogP) is 1.51. The van der Waals surface area contributed by atoms with Crippen molar-refractivity contribution in [2.24, 2.45) is 5.92 Å². The molecule has 0 spiro atoms. The molecule has 1 amide bonds. The van der Waals surface area contributed by atoms with E-state index in [1.54, 1.807) is 4.90 Å². The Morgan fingerprint density at radius 3 is 2.35 bits per heavy atom. The molecule has 110 valence electrons. The van der Waals surface area contributed by atoms with E-state index in [0.29, 0.717) is 24.6 Å². The van der Waals surface area contributed by atoms with E-state index in [9.17, 15) is 15.0 Å². The lowest BCUT2D eigenvalue weighted by molar-refractivity contribution is 0.0623. The Hall–Kier alpha value is -1.75. The maximum Gasteiger partial charge on any atom is 0.254 e. The van der Waals surface area contributed by atoms with Crippen LogP contribution in [0.4, 0.5) is 0 Å². The van der Waals surface area contributed by atoms with Crippen molar-refractivity contribution in [2.45, 2.75) is 13.8 Å². The topological polar surface area (TPSA) is 64.0 Å². The molecule has 0 aliphatic carbocycles. The number of hydrogen-bond acceptors (Lipinski definition) is 4. The molecule has 1 fully saturated rings. The van der Waals surface area contributed by atoms with Gasteiger partial charge in [-0.15, -0.1) is 0 Å². The van der Waals surface area contributed by atoms with Crippen molar-refractivity contribution in [1.82, 2.24) is 9.80 Å². The number of piperazine rings is 1. The molecule has 0 aromatic heterocycles. The van der Waals surface area contributed by atoms with Crippen molar-refractivity contribution in [2.75, 3.05) is 32.7 Å². The molecular formula is C15H22N2O3. The average Bonchev–Trinajstić information content (AvgIpc) is 2.41. The number of aromatic hydroxyl groups is 2. The highest BCUT2D eigenvalue weighted by molar-refractivity contribution is 5.95. The highest BCUT2D eigenvalue weighted by Gasteiger charge is 2.22. The highest BCUT2D eigenvalue weighted by Crippen LogP contribution is 2.25. The largest absolute Gasteiger partial charge is 0.504 e. The third kappa shape index (κ3) is 3.42. The maximum absolute atomic E-state index is 12.3. The summed E-state index contributed by atoms with van der Waals surface area (Å²) < 4.78 is 0. The van der Waals surface area contributed by atoms with E-state index in [1.807, 2.05) is 0 Å². The Morgan fingerprint density at radius 2 is 1.80 bits per heavy atom. The van der Waals surface area contributed by atoms with Gasteiger partial charge in [-0.25, -0.2) is 0 Å². The maximum atomic E-state index is 12.3. The van der Waals surface area contributed by atoms with Crippen molar-refractivity contribution in [1.29, 1.82) is 0 Å². The molecule has 2 N–H and O–H groups in total. The van der Waals surface area contributed by atoms with Gasteiger partial charge in [-0.1, -0.05) is 13.8 Å². The van der Waals surface area contributed by atoms with E-state index >= 15 is 0 Å². The summed E-state index contributed by atoms with van der Waals surface area (Å²) in [6.45, 7) is 8.61. The van der Waals surface area contributed by atoms with E-state index in [-0.39, 0.29) is 17.4 Å². The molecule has 0 unspecified atom stereocenters. The van der Waals surface area contributed by atoms with Gasteiger partial charge in [-0.05, 0) is 24.1 Å². The number of carbonyl (C=O) groups excluding carboxylic acids is 1. The fourth-order valence-electron chi connectivity index (χ4n) is 2.49. The van der Waals surface area contributed by atoms with Gasteiger partial charge in [0.25, 0.3) is 5.91 Å². The lowest BCUT2D eigenvalue weighted by Crippen LogP contribution is -2.49. The van der Waals surface area contributed by atoms with Gasteiger partial charge >= 0.3 is 0 Å². The Kier molecular flexibility index (Phi) is 4.49. The second-order valence-corrected chi connectivity index (χ2v) is 5.69. The predicted molar refractivity (Wildman–Crippen MR) is 77.0 cm³/mol. The first kappa shape index (κ1) is 14.7. The summed E-state index contributed by atoms with van der Waals surface area (Å²) in [6, 6.07) is 4.20. The standard InChI is InChI=1S/C15H22N2O3/c1-11(2)10-16-5-7-17(8-6-16)15(20)12-3-4-13(18)14(19)9-12/h3-4,9,11,18-19H,5-8,10H2,1-2H3. The van der Waals surface area contributed by atoms with Crippen LogP contribution in [0.15, 0.2) is 18.2 Å². The van der Waals surface area contributed by atoms with Crippen LogP contribution in [0, 0.1) is 5.92 Å². The summed E-state index contributed by atoms with van der Waals surface area (Å²) in [5.74, 6) is 0.0772. The first-order valence-corrected chi connectivity index (χ1v) is 7.01. The van der Waals surface area contributed by atoms with E-state index in [2.05, 4.69) is 18.7 Å². The van der Waals surface area contributed by atoms with Crippen LogP contribution in [0.1, 0.15) is 24.2 Å². The van der Waals surface area contributed by atoms with E-state index in [1.165, 1.54) is 18.2 Å². The third-order valence-corrected chi connectivity index (χ3v) is 3.51. The van der Waals surface area contributed by atoms with Crippen LogP contribution in [-0.2, 0) is 0 Å². The molecule has 1 aromatic rings. The van der Waals surface area contributed by atoms with E-state index in [0.717, 1.165) is 19.6 Å². The monoisotopic (exact) mass is 278 g/mol. The summed E-state index contributed by atoms with van der Waals surface area (Å²) in [7, 11) is 0. The molecule has 1 aromatic carbocycles. The Morgan fingerprint density at radius 1 is 1.15 bits per heavy atom. The van der Waals surface area contributed by atoms with Gasteiger partial charge in [0, 0.05) is 38.3 Å². The summed E-state index contributed by atoms with van der Waals surface area (Å²) in [4.78, 5) is 16.5. The average molecular weight is 278 g/mol. The van der Waals surface area contributed by atoms with E-state index in [4.69, 9.17) is 0 Å². The zero-order valence-electron chi connectivity index (χ0n) is 12.0. The van der Waals surface area contributed by atoms with Gasteiger partial charge in [0.05, 0.1) is 0 Å². The second kappa shape index (κ2) is 6.13. The summed E-state index contributed by atoms with van der Waals surface area (Å²) >= 11 is 0. The number of carbonyl (C=O) groups is 1. The van der Waals surface area contributed by atoms with Crippen LogP contribution < -0.4 is 0 Å². The summed E-state index contributed by atoms with van der Waals surface area (Å²) in [6.07, 6.45) is 0. The van der Waals surface area contributed by atoms with Crippen LogP contribution in [0.3, 0.4) is 0 Å². The lowest BCUT2D eigenvalue weighted by atomic mass is 10.1. The van der Waals surface area contributed by atoms with Gasteiger partial charge in [0.1, 0.15) is 0 Å². The normalized spacial score (nSPS) is 16.6. The Balaban J connectivity index is 1.96. The van der Waals surface area contributed by atoms with Crippen LogP contribution >= 0.6 is 0 Å². The molecule has 0 saturated carbocycles. The molecule has 20 heavy (non-hydrogen) atoms. The molecule has 0 radical (unpaired) electrons. The lowest BCUT2D eigenvalue weighted by Gasteiger charge is -2.35. The molecular weight excluding hydrogens is 256 g/mol. The number of phenols is 2. The molecule has 1 heterocycles. The molecule has 5 nitrogen and oxygen atoms in total. The Labute approximate surface area is 119 Å². The number of benzene rings is 1. The van der Waals surface area contributed by atoms with Crippen molar-refractivity contribution >= 4 is 5.91 Å². The molecule has 2 rings (SSSR count). The number of phenolic OH excluding ortho intramolecular Hbond substituents is 2. The Bertz CT molecular complexity index is 480. The molecule has 5 heteroatoms. The molecule has 0 atom stereocenters. The van der Waals surface area contributed by atoms with Crippen molar-refractivity contribution < 1.29 is 15.0 Å². The molecule has 1 aliphatic rings. The summed E-state index contributed by atoms with van der Waals surface area (Å²) in [5.41, 5.74) is 0.414. The van der Waals surface area contributed by atoms with Gasteiger partial charge in [0.15, 0.2) is 11.5 Å². The van der Waals surface area contributed by atoms with Gasteiger partial charge in [-0.3, -0.25) is 9.69 Å². The quantitative estimate of drug-likeness (QED) is 0.823. The number of nitrogens with zero attached hydrogens (tertiary/aromatic N) is 2. The minimum absolute atomic E-state index is 0.0931. The zero-order chi connectivity index (χ0) is 14.7. The van der Waals surface area contributed by atoms with Crippen LogP contribution in [0.2, 0.25) is 0 Å². The zero-order valence-corrected chi connectivity index (χ0v) is 12.0. The van der Waals surface area contributed by atoms with Gasteiger partial charge in [-0.2, -0.15) is 0 Å². The summed E-state index contributed by atoms with van der Waals surface area (Å²) in [5, 5.41) is 18.7.